The van der Waals surface area contributed by atoms with Gasteiger partial charge in [0.1, 0.15) is 16.5 Å². The number of sulfonamides is 1. The van der Waals surface area contributed by atoms with Gasteiger partial charge in [-0.05, 0) is 42.7 Å². The first kappa shape index (κ1) is 35.2. The highest BCUT2D eigenvalue weighted by Crippen LogP contribution is 2.43. The number of carbonyl (C=O) groups is 1. The van der Waals surface area contributed by atoms with Crippen molar-refractivity contribution in [3.8, 4) is 17.6 Å². The lowest BCUT2D eigenvalue weighted by molar-refractivity contribution is -0.200. The molecule has 2 aromatic carbocycles. The van der Waals surface area contributed by atoms with Crippen LogP contribution in [-0.2, 0) is 26.0 Å². The number of hydrogen-bond donors (Lipinski definition) is 3. The molecule has 1 aromatic heterocycles. The maximum absolute atomic E-state index is 14.8. The van der Waals surface area contributed by atoms with Crippen molar-refractivity contribution in [2.24, 2.45) is 5.41 Å². The second kappa shape index (κ2) is 13.9. The molecule has 49 heavy (non-hydrogen) atoms. The number of likely N-dealkylation sites (tertiary alicyclic amines) is 1. The fourth-order valence-corrected chi connectivity index (χ4v) is 9.02. The Hall–Kier alpha value is -3.65. The Morgan fingerprint density at radius 2 is 1.88 bits per heavy atom. The molecule has 2 saturated heterocycles. The average Bonchev–Trinajstić information content (AvgIpc) is 3.31. The van der Waals surface area contributed by atoms with Crippen LogP contribution in [0.3, 0.4) is 0 Å². The lowest BCUT2D eigenvalue weighted by atomic mass is 9.75. The van der Waals surface area contributed by atoms with E-state index in [0.717, 1.165) is 88.1 Å². The Labute approximate surface area is 284 Å². The molecule has 1 spiro atoms. The number of amides is 1. The van der Waals surface area contributed by atoms with Gasteiger partial charge in [-0.3, -0.25) is 9.69 Å². The van der Waals surface area contributed by atoms with Crippen molar-refractivity contribution in [2.45, 2.75) is 62.2 Å². The molecule has 0 atom stereocenters. The third kappa shape index (κ3) is 7.90. The Morgan fingerprint density at radius 3 is 2.51 bits per heavy atom. The zero-order chi connectivity index (χ0) is 35.0. The van der Waals surface area contributed by atoms with Gasteiger partial charge in [0, 0.05) is 49.6 Å². The molecule has 3 heterocycles. The first-order chi connectivity index (χ1) is 23.3. The summed E-state index contributed by atoms with van der Waals surface area (Å²) >= 11 is 1.16. The normalized spacial score (nSPS) is 20.5. The molecule has 1 aliphatic carbocycles. The summed E-state index contributed by atoms with van der Waals surface area (Å²) in [5.74, 6) is 2.97. The third-order valence-electron chi connectivity index (χ3n) is 9.04. The number of fused-ring (bicyclic) bond motifs is 1. The van der Waals surface area contributed by atoms with E-state index >= 15 is 0 Å². The van der Waals surface area contributed by atoms with Crippen LogP contribution in [0.4, 0.5) is 33.3 Å². The predicted molar refractivity (Wildman–Crippen MR) is 175 cm³/mol. The van der Waals surface area contributed by atoms with Gasteiger partial charge >= 0.3 is 6.18 Å². The second-order valence-corrected chi connectivity index (χ2v) is 15.5. The fourth-order valence-electron chi connectivity index (χ4n) is 6.78. The van der Waals surface area contributed by atoms with E-state index in [2.05, 4.69) is 27.4 Å². The molecule has 264 valence electrons. The van der Waals surface area contributed by atoms with Crippen LogP contribution in [0.2, 0.25) is 0 Å². The number of nitrogens with one attached hydrogen (secondary N) is 3. The van der Waals surface area contributed by atoms with Gasteiger partial charge in [-0.1, -0.05) is 24.0 Å². The number of alkyl halides is 4. The molecule has 0 bridgehead atoms. The molecule has 0 unspecified atom stereocenters. The van der Waals surface area contributed by atoms with Gasteiger partial charge in [-0.2, -0.15) is 13.2 Å². The lowest BCUT2D eigenvalue weighted by Crippen LogP contribution is -2.68. The van der Waals surface area contributed by atoms with Crippen LogP contribution in [0.15, 0.2) is 35.2 Å². The van der Waals surface area contributed by atoms with Gasteiger partial charge in [-0.15, -0.1) is 11.3 Å². The maximum atomic E-state index is 14.8. The van der Waals surface area contributed by atoms with Crippen molar-refractivity contribution in [3.05, 3.63) is 46.6 Å². The Kier molecular flexibility index (Phi) is 10.0. The van der Waals surface area contributed by atoms with E-state index in [-0.39, 0.29) is 34.5 Å². The van der Waals surface area contributed by atoms with E-state index < -0.39 is 46.1 Å². The van der Waals surface area contributed by atoms with E-state index in [1.165, 1.54) is 0 Å². The molecule has 16 heteroatoms. The molecule has 0 radical (unpaired) electrons. The van der Waals surface area contributed by atoms with Crippen LogP contribution < -0.4 is 20.1 Å². The highest BCUT2D eigenvalue weighted by atomic mass is 32.2. The number of thiophene rings is 1. The Bertz CT molecular complexity index is 1890. The van der Waals surface area contributed by atoms with E-state index in [0.29, 0.717) is 21.5 Å². The van der Waals surface area contributed by atoms with Crippen molar-refractivity contribution < 1.29 is 44.6 Å². The van der Waals surface area contributed by atoms with E-state index in [1.54, 1.807) is 16.9 Å². The number of carbonyl (C=O) groups excluding carboxylic acids is 1. The smallest absolute Gasteiger partial charge is 0.393 e. The number of anilines is 2. The van der Waals surface area contributed by atoms with Crippen LogP contribution in [0.5, 0.6) is 5.75 Å². The van der Waals surface area contributed by atoms with Crippen LogP contribution in [0, 0.1) is 23.1 Å². The molecule has 3 N–H and O–H groups in total. The van der Waals surface area contributed by atoms with E-state index in [9.17, 15) is 35.2 Å². The summed E-state index contributed by atoms with van der Waals surface area (Å²) < 4.78 is 106. The zero-order valence-electron chi connectivity index (χ0n) is 26.5. The number of rotatable bonds is 10. The first-order valence-electron chi connectivity index (χ1n) is 15.7. The van der Waals surface area contributed by atoms with Crippen molar-refractivity contribution in [1.82, 2.24) is 9.62 Å². The van der Waals surface area contributed by atoms with Crippen molar-refractivity contribution in [1.29, 1.82) is 0 Å². The maximum Gasteiger partial charge on any atom is 0.393 e. The van der Waals surface area contributed by atoms with Crippen molar-refractivity contribution >= 4 is 48.7 Å². The second-order valence-electron chi connectivity index (χ2n) is 12.8. The molecule has 3 aliphatic rings. The van der Waals surface area contributed by atoms with Gasteiger partial charge in [0.25, 0.3) is 10.0 Å². The average molecular weight is 727 g/mol. The molecule has 6 rings (SSSR count). The molecule has 2 aliphatic heterocycles. The van der Waals surface area contributed by atoms with E-state index in [4.69, 9.17) is 9.47 Å². The first-order valence-corrected chi connectivity index (χ1v) is 18.0. The summed E-state index contributed by atoms with van der Waals surface area (Å²) in [6, 6.07) is 7.45. The van der Waals surface area contributed by atoms with Crippen LogP contribution >= 0.6 is 11.3 Å². The minimum Gasteiger partial charge on any atom is -0.461 e. The summed E-state index contributed by atoms with van der Waals surface area (Å²) in [4.78, 5) is 13.1. The Balaban J connectivity index is 1.17. The van der Waals surface area contributed by atoms with E-state index in [1.807, 2.05) is 6.07 Å². The molecule has 3 fully saturated rings. The summed E-state index contributed by atoms with van der Waals surface area (Å²) in [7, 11) is -4.60. The molecule has 1 saturated carbocycles. The summed E-state index contributed by atoms with van der Waals surface area (Å²) in [5.41, 5.74) is 1.03. The number of hydrogen-bond acceptors (Lipinski definition) is 9. The van der Waals surface area contributed by atoms with Gasteiger partial charge < -0.3 is 20.1 Å². The number of ether oxygens (including phenoxy) is 2. The minimum atomic E-state index is -4.60. The minimum absolute atomic E-state index is 0.0547. The van der Waals surface area contributed by atoms with Crippen molar-refractivity contribution in [3.63, 3.8) is 0 Å². The molecular formula is C33H35F5N4O5S2. The van der Waals surface area contributed by atoms with Gasteiger partial charge in [0.05, 0.1) is 47.1 Å². The fraction of sp³-hybridized carbons (Fsp3) is 0.485. The Morgan fingerprint density at radius 1 is 1.14 bits per heavy atom. The van der Waals surface area contributed by atoms with Gasteiger partial charge in [0.2, 0.25) is 12.8 Å². The largest absolute Gasteiger partial charge is 0.461 e. The molecular weight excluding hydrogens is 692 g/mol. The molecule has 3 aromatic rings. The predicted octanol–water partition coefficient (Wildman–Crippen LogP) is 5.79. The summed E-state index contributed by atoms with van der Waals surface area (Å²) in [6.45, 7) is 3.21. The SMILES string of the molecule is CC(=O)NS(=O)(=O)c1cc(OCF)c(NCC#Cc2sc3c(NC4CCC(N5CC6(COC6)C5)CC4)cccc3c2CC(F)(F)F)cc1F. The third-order valence-corrected chi connectivity index (χ3v) is 11.7. The quantitative estimate of drug-likeness (QED) is 0.178. The lowest BCUT2D eigenvalue weighted by Gasteiger charge is -2.58. The summed E-state index contributed by atoms with van der Waals surface area (Å²) in [5, 5.41) is 6.74. The van der Waals surface area contributed by atoms with Crippen molar-refractivity contribution in [2.75, 3.05) is 50.3 Å². The van der Waals surface area contributed by atoms with Crippen LogP contribution in [0.25, 0.3) is 10.1 Å². The highest BCUT2D eigenvalue weighted by molar-refractivity contribution is 7.90. The van der Waals surface area contributed by atoms with Crippen LogP contribution in [-0.4, -0.2) is 77.2 Å². The summed E-state index contributed by atoms with van der Waals surface area (Å²) in [6.07, 6.45) is -1.65. The number of nitrogens with zero attached hydrogens (tertiary/aromatic N) is 1. The van der Waals surface area contributed by atoms with Gasteiger partial charge in [0.15, 0.2) is 0 Å². The standard InChI is InChI=1S/C33H35F5N4O5S2/c1-20(43)41-49(44,45)30-13-28(47-19-34)27(12-25(30)35)39-11-3-6-29-24(14-33(36,37)38)23-4-2-5-26(31(23)48-29)40-21-7-9-22(10-8-21)42-15-32(16-42)17-46-18-32/h2,4-5,12-13,21-22,39-40H,7-11,14-19H2,1H3,(H,41,43). The zero-order valence-corrected chi connectivity index (χ0v) is 28.1. The molecule has 9 nitrogen and oxygen atoms in total. The topological polar surface area (TPSA) is 109 Å². The number of benzene rings is 2. The number of halogens is 5. The molecule has 1 amide bonds. The monoisotopic (exact) mass is 726 g/mol. The highest BCUT2D eigenvalue weighted by Gasteiger charge is 2.50. The van der Waals surface area contributed by atoms with Crippen LogP contribution in [0.1, 0.15) is 43.0 Å². The van der Waals surface area contributed by atoms with Gasteiger partial charge in [-0.25, -0.2) is 21.9 Å².